The van der Waals surface area contributed by atoms with E-state index in [4.69, 9.17) is 9.47 Å². The second-order valence-corrected chi connectivity index (χ2v) is 16.6. The van der Waals surface area contributed by atoms with Crippen LogP contribution in [0.3, 0.4) is 0 Å². The fourth-order valence-electron chi connectivity index (χ4n) is 4.05. The van der Waals surface area contributed by atoms with Gasteiger partial charge in [-0.3, -0.25) is 0 Å². The van der Waals surface area contributed by atoms with Gasteiger partial charge in [0.05, 0.1) is 22.2 Å². The van der Waals surface area contributed by atoms with E-state index in [9.17, 15) is 44.3 Å². The van der Waals surface area contributed by atoms with Gasteiger partial charge in [0, 0.05) is 44.9 Å². The monoisotopic (exact) mass is 664 g/mol. The predicted octanol–water partition coefficient (Wildman–Crippen LogP) is 9.24. The molecule has 0 atom stereocenters. The molecule has 0 saturated carbocycles. The van der Waals surface area contributed by atoms with Crippen LogP contribution in [-0.4, -0.2) is 30.3 Å². The molecule has 17 heteroatoms. The molecule has 0 unspecified atom stereocenters. The first kappa shape index (κ1) is 33.6. The lowest BCUT2D eigenvalue weighted by molar-refractivity contribution is -0.138. The Balaban J connectivity index is 1.57. The zero-order valence-electron chi connectivity index (χ0n) is 23.8. The Hall–Kier alpha value is -4.25. The van der Waals surface area contributed by atoms with Crippen LogP contribution in [0.1, 0.15) is 11.1 Å². The van der Waals surface area contributed by atoms with E-state index in [2.05, 4.69) is 24.6 Å². The number of halogens is 9. The molecule has 2 heterocycles. The van der Waals surface area contributed by atoms with Gasteiger partial charge in [0.2, 0.25) is 0 Å². The third-order valence-electron chi connectivity index (χ3n) is 6.26. The lowest BCUT2D eigenvalue weighted by Gasteiger charge is -2.15. The fourth-order valence-corrected chi connectivity index (χ4v) is 4.80. The van der Waals surface area contributed by atoms with Crippen LogP contribution in [0.15, 0.2) is 48.8 Å². The minimum Gasteiger partial charge on any atom is -0.450 e. The second-order valence-electron chi connectivity index (χ2n) is 11.0. The molecule has 45 heavy (non-hydrogen) atoms. The summed E-state index contributed by atoms with van der Waals surface area (Å²) in [6, 6.07) is 2.73. The number of carbonyl (C=O) groups excluding carboxylic acids is 1. The van der Waals surface area contributed by atoms with Crippen molar-refractivity contribution in [2.75, 3.05) is 17.2 Å². The van der Waals surface area contributed by atoms with E-state index in [1.54, 1.807) is 0 Å². The molecule has 7 nitrogen and oxygen atoms in total. The van der Waals surface area contributed by atoms with E-state index in [0.29, 0.717) is 36.9 Å². The van der Waals surface area contributed by atoms with Crippen molar-refractivity contribution < 1.29 is 53.8 Å². The summed E-state index contributed by atoms with van der Waals surface area (Å²) < 4.78 is 137. The summed E-state index contributed by atoms with van der Waals surface area (Å²) >= 11 is 0. The summed E-state index contributed by atoms with van der Waals surface area (Å²) in [5.41, 5.74) is -4.10. The van der Waals surface area contributed by atoms with E-state index < -0.39 is 83.3 Å². The normalized spacial score (nSPS) is 12.4. The average Bonchev–Trinajstić information content (AvgIpc) is 3.29. The zero-order chi connectivity index (χ0) is 33.3. The van der Waals surface area contributed by atoms with Gasteiger partial charge in [0.15, 0.2) is 17.4 Å². The minimum atomic E-state index is -4.90. The van der Waals surface area contributed by atoms with Crippen molar-refractivity contribution in [3.8, 4) is 11.5 Å². The van der Waals surface area contributed by atoms with Crippen LogP contribution < -0.4 is 15.4 Å². The highest BCUT2D eigenvalue weighted by Gasteiger charge is 2.37. The van der Waals surface area contributed by atoms with Gasteiger partial charge < -0.3 is 24.7 Å². The molecule has 4 rings (SSSR count). The number of aromatic nitrogens is 2. The summed E-state index contributed by atoms with van der Waals surface area (Å²) in [6.07, 6.45) is -7.90. The van der Waals surface area contributed by atoms with Gasteiger partial charge in [-0.25, -0.2) is 22.9 Å². The van der Waals surface area contributed by atoms with Crippen molar-refractivity contribution in [3.05, 3.63) is 77.4 Å². The van der Waals surface area contributed by atoms with Crippen LogP contribution in [0, 0.1) is 17.5 Å². The van der Waals surface area contributed by atoms with Crippen LogP contribution in [0.2, 0.25) is 25.7 Å². The smallest absolute Gasteiger partial charge is 0.418 e. The number of hydrogen-bond acceptors (Lipinski definition) is 4. The van der Waals surface area contributed by atoms with Gasteiger partial charge in [-0.05, 0) is 30.3 Å². The SMILES string of the molecule is C[Si](C)(C)CCOCn1cc(C(F)(F)F)c2c(Oc3c(F)cc(NC(=O)Nc4cc(C(F)(F)F)ccc4F)cc3F)ccnc21. The molecule has 2 aromatic heterocycles. The van der Waals surface area contributed by atoms with Crippen LogP contribution >= 0.6 is 0 Å². The van der Waals surface area contributed by atoms with Crippen LogP contribution in [0.4, 0.5) is 55.7 Å². The summed E-state index contributed by atoms with van der Waals surface area (Å²) in [4.78, 5) is 16.2. The Morgan fingerprint density at radius 3 is 2.18 bits per heavy atom. The van der Waals surface area contributed by atoms with Gasteiger partial charge in [0.25, 0.3) is 0 Å². The Bertz CT molecular complexity index is 1690. The summed E-state index contributed by atoms with van der Waals surface area (Å²) in [5.74, 6) is -5.83. The number of nitrogens with one attached hydrogen (secondary N) is 2. The first-order valence-corrected chi connectivity index (χ1v) is 16.8. The molecular formula is C28H25F9N4O3Si. The highest BCUT2D eigenvalue weighted by molar-refractivity contribution is 6.76. The molecule has 0 aliphatic heterocycles. The summed E-state index contributed by atoms with van der Waals surface area (Å²) in [6.45, 7) is 6.34. The maximum Gasteiger partial charge on any atom is 0.418 e. The number of fused-ring (bicyclic) bond motifs is 1. The highest BCUT2D eigenvalue weighted by Crippen LogP contribution is 2.42. The average molecular weight is 665 g/mol. The second kappa shape index (κ2) is 12.6. The first-order valence-electron chi connectivity index (χ1n) is 13.1. The summed E-state index contributed by atoms with van der Waals surface area (Å²) in [5, 5.41) is 3.16. The van der Waals surface area contributed by atoms with E-state index in [1.807, 2.05) is 10.6 Å². The Morgan fingerprint density at radius 1 is 0.911 bits per heavy atom. The maximum atomic E-state index is 15.0. The number of ether oxygens (including phenoxy) is 2. The molecule has 0 spiro atoms. The molecule has 0 bridgehead atoms. The fraction of sp³-hybridized carbons (Fsp3) is 0.286. The number of hydrogen-bond donors (Lipinski definition) is 2. The van der Waals surface area contributed by atoms with E-state index in [1.165, 1.54) is 0 Å². The van der Waals surface area contributed by atoms with Crippen molar-refractivity contribution in [2.24, 2.45) is 0 Å². The van der Waals surface area contributed by atoms with Gasteiger partial charge in [0.1, 0.15) is 23.9 Å². The number of rotatable bonds is 9. The van der Waals surface area contributed by atoms with Crippen molar-refractivity contribution in [3.63, 3.8) is 0 Å². The quantitative estimate of drug-likeness (QED) is 0.106. The van der Waals surface area contributed by atoms with Crippen molar-refractivity contribution in [1.82, 2.24) is 9.55 Å². The standard InChI is InChI=1S/C28H25F9N4O3Si/c1-45(2,3)9-8-43-14-41-13-17(28(35,36)37)23-22(6-7-38-25(23)41)44-24-19(30)11-16(12-20(24)31)39-26(42)40-21-10-15(27(32,33)34)4-5-18(21)29/h4-7,10-13H,8-9,14H2,1-3H3,(H2,39,40,42). The lowest BCUT2D eigenvalue weighted by atomic mass is 10.2. The highest BCUT2D eigenvalue weighted by atomic mass is 28.3. The number of anilines is 2. The van der Waals surface area contributed by atoms with Gasteiger partial charge in [-0.2, -0.15) is 26.3 Å². The molecule has 0 aliphatic carbocycles. The van der Waals surface area contributed by atoms with Crippen molar-refractivity contribution in [2.45, 2.75) is 44.8 Å². The Morgan fingerprint density at radius 2 is 1.58 bits per heavy atom. The molecule has 0 saturated heterocycles. The van der Waals surface area contributed by atoms with E-state index in [0.717, 1.165) is 29.1 Å². The number of benzene rings is 2. The van der Waals surface area contributed by atoms with E-state index >= 15 is 0 Å². The summed E-state index contributed by atoms with van der Waals surface area (Å²) in [7, 11) is -1.48. The molecule has 0 radical (unpaired) electrons. The lowest BCUT2D eigenvalue weighted by Crippen LogP contribution is -2.22. The molecule has 2 amide bonds. The van der Waals surface area contributed by atoms with Crippen LogP contribution in [-0.2, 0) is 23.8 Å². The van der Waals surface area contributed by atoms with Crippen molar-refractivity contribution >= 4 is 36.5 Å². The number of amides is 2. The molecule has 4 aromatic rings. The number of alkyl halides is 6. The van der Waals surface area contributed by atoms with Gasteiger partial charge in [-0.1, -0.05) is 19.6 Å². The third-order valence-corrected chi connectivity index (χ3v) is 7.97. The number of nitrogens with zero attached hydrogens (tertiary/aromatic N) is 2. The minimum absolute atomic E-state index is 0.217. The molecule has 0 fully saturated rings. The third kappa shape index (κ3) is 8.27. The van der Waals surface area contributed by atoms with Crippen LogP contribution in [0.25, 0.3) is 11.0 Å². The number of carbonyl (C=O) groups is 1. The number of pyridine rings is 1. The molecule has 0 aliphatic rings. The largest absolute Gasteiger partial charge is 0.450 e. The zero-order valence-corrected chi connectivity index (χ0v) is 24.8. The van der Waals surface area contributed by atoms with Crippen molar-refractivity contribution in [1.29, 1.82) is 0 Å². The predicted molar refractivity (Wildman–Crippen MR) is 149 cm³/mol. The Labute approximate surface area is 251 Å². The first-order chi connectivity index (χ1) is 20.8. The van der Waals surface area contributed by atoms with Crippen LogP contribution in [0.5, 0.6) is 11.5 Å². The molecular weight excluding hydrogens is 639 g/mol. The maximum absolute atomic E-state index is 15.0. The molecule has 2 aromatic carbocycles. The van der Waals surface area contributed by atoms with Gasteiger partial charge >= 0.3 is 18.4 Å². The molecule has 2 N–H and O–H groups in total. The topological polar surface area (TPSA) is 77.4 Å². The Kier molecular flexibility index (Phi) is 9.44. The van der Waals surface area contributed by atoms with Gasteiger partial charge in [-0.15, -0.1) is 0 Å². The van der Waals surface area contributed by atoms with E-state index in [-0.39, 0.29) is 12.4 Å². The molecule has 242 valence electrons. The number of urea groups is 1.